The lowest BCUT2D eigenvalue weighted by molar-refractivity contribution is -0.121. The van der Waals surface area contributed by atoms with Crippen molar-refractivity contribution in [3.63, 3.8) is 0 Å². The van der Waals surface area contributed by atoms with Crippen molar-refractivity contribution in [1.29, 1.82) is 0 Å². The average Bonchev–Trinajstić information content (AvgIpc) is 2.93. The van der Waals surface area contributed by atoms with Crippen LogP contribution < -0.4 is 9.64 Å². The molecule has 2 aromatic carbocycles. The third-order valence-corrected chi connectivity index (χ3v) is 6.59. The number of amides is 2. The van der Waals surface area contributed by atoms with Crippen LogP contribution in [0.3, 0.4) is 0 Å². The van der Waals surface area contributed by atoms with Gasteiger partial charge in [0.2, 0.25) is 0 Å². The molecule has 0 aromatic heterocycles. The fourth-order valence-corrected chi connectivity index (χ4v) is 4.85. The Labute approximate surface area is 181 Å². The molecule has 30 heavy (non-hydrogen) atoms. The highest BCUT2D eigenvalue weighted by Gasteiger charge is 2.42. The van der Waals surface area contributed by atoms with Crippen LogP contribution in [0.25, 0.3) is 0 Å². The highest BCUT2D eigenvalue weighted by atomic mass is 32.2. The van der Waals surface area contributed by atoms with Gasteiger partial charge in [-0.1, -0.05) is 42.3 Å². The number of anilines is 1. The Balaban J connectivity index is 1.71. The Kier molecular flexibility index (Phi) is 6.13. The van der Waals surface area contributed by atoms with Crippen LogP contribution in [-0.2, 0) is 9.59 Å². The first-order chi connectivity index (χ1) is 14.6. The largest absolute Gasteiger partial charge is 0.497 e. The molecule has 0 spiro atoms. The van der Waals surface area contributed by atoms with E-state index in [2.05, 4.69) is 4.90 Å². The summed E-state index contributed by atoms with van der Waals surface area (Å²) in [7, 11) is 1.59. The lowest BCUT2D eigenvalue weighted by Gasteiger charge is -2.24. The van der Waals surface area contributed by atoms with Gasteiger partial charge in [-0.15, -0.1) is 0 Å². The molecule has 2 aliphatic heterocycles. The summed E-state index contributed by atoms with van der Waals surface area (Å²) < 4.78 is 5.21. The number of likely N-dealkylation sites (tertiary alicyclic amines) is 1. The molecule has 1 saturated heterocycles. The van der Waals surface area contributed by atoms with Gasteiger partial charge in [-0.05, 0) is 56.2 Å². The summed E-state index contributed by atoms with van der Waals surface area (Å²) in [6.45, 7) is 3.65. The molecule has 5 nitrogen and oxygen atoms in total. The number of hydrogen-bond donors (Lipinski definition) is 0. The molecule has 6 heteroatoms. The lowest BCUT2D eigenvalue weighted by atomic mass is 10.2. The Morgan fingerprint density at radius 3 is 2.07 bits per heavy atom. The number of benzene rings is 2. The molecular weight excluding hydrogens is 396 g/mol. The number of thioether (sulfide) groups is 1. The molecule has 0 atom stereocenters. The van der Waals surface area contributed by atoms with Crippen molar-refractivity contribution in [2.75, 3.05) is 25.1 Å². The first kappa shape index (κ1) is 20.5. The Hall–Kier alpha value is -2.73. The number of ether oxygens (including phenoxy) is 1. The van der Waals surface area contributed by atoms with Crippen LogP contribution in [0.5, 0.6) is 5.75 Å². The van der Waals surface area contributed by atoms with Gasteiger partial charge in [-0.3, -0.25) is 9.59 Å². The predicted octanol–water partition coefficient (Wildman–Crippen LogP) is 4.76. The standard InChI is InChI=1S/C24H26N2O3S/c1-17-7-13-20(14-8-17)30-22-21(25-15-5-3-4-6-16-25)23(27)26(24(22)28)18-9-11-19(29-2)12-10-18/h7-14H,3-6,15-16H2,1-2H3. The summed E-state index contributed by atoms with van der Waals surface area (Å²) in [4.78, 5) is 31.8. The van der Waals surface area contributed by atoms with Crippen LogP contribution in [0.15, 0.2) is 64.0 Å². The zero-order valence-electron chi connectivity index (χ0n) is 17.4. The topological polar surface area (TPSA) is 49.9 Å². The number of methoxy groups -OCH3 is 1. The van der Waals surface area contributed by atoms with Gasteiger partial charge < -0.3 is 9.64 Å². The maximum Gasteiger partial charge on any atom is 0.283 e. The highest BCUT2D eigenvalue weighted by molar-refractivity contribution is 8.04. The summed E-state index contributed by atoms with van der Waals surface area (Å²) in [6.07, 6.45) is 4.40. The number of hydrogen-bond acceptors (Lipinski definition) is 5. The van der Waals surface area contributed by atoms with Gasteiger partial charge in [-0.2, -0.15) is 0 Å². The van der Waals surface area contributed by atoms with Crippen molar-refractivity contribution in [2.24, 2.45) is 0 Å². The number of carbonyl (C=O) groups is 2. The van der Waals surface area contributed by atoms with Crippen LogP contribution in [0.1, 0.15) is 31.2 Å². The highest BCUT2D eigenvalue weighted by Crippen LogP contribution is 2.39. The van der Waals surface area contributed by atoms with E-state index in [1.54, 1.807) is 31.4 Å². The van der Waals surface area contributed by atoms with E-state index in [1.165, 1.54) is 16.7 Å². The monoisotopic (exact) mass is 422 g/mol. The molecular formula is C24H26N2O3S. The molecule has 2 aliphatic rings. The summed E-state index contributed by atoms with van der Waals surface area (Å²) >= 11 is 1.39. The van der Waals surface area contributed by atoms with Crippen molar-refractivity contribution in [1.82, 2.24) is 4.90 Å². The third kappa shape index (κ3) is 4.10. The quantitative estimate of drug-likeness (QED) is 0.651. The number of carbonyl (C=O) groups excluding carboxylic acids is 2. The number of rotatable bonds is 5. The summed E-state index contributed by atoms with van der Waals surface area (Å²) in [5, 5.41) is 0. The van der Waals surface area contributed by atoms with Gasteiger partial charge in [0, 0.05) is 18.0 Å². The van der Waals surface area contributed by atoms with Crippen molar-refractivity contribution in [3.05, 3.63) is 64.7 Å². The number of imide groups is 1. The van der Waals surface area contributed by atoms with Crippen LogP contribution in [0.4, 0.5) is 5.69 Å². The van der Waals surface area contributed by atoms with Crippen molar-refractivity contribution in [2.45, 2.75) is 37.5 Å². The smallest absolute Gasteiger partial charge is 0.283 e. The molecule has 156 valence electrons. The predicted molar refractivity (Wildman–Crippen MR) is 120 cm³/mol. The maximum atomic E-state index is 13.5. The first-order valence-electron chi connectivity index (χ1n) is 10.3. The number of nitrogens with zero attached hydrogens (tertiary/aromatic N) is 2. The van der Waals surface area contributed by atoms with E-state index in [1.807, 2.05) is 31.2 Å². The van der Waals surface area contributed by atoms with Crippen LogP contribution in [0, 0.1) is 6.92 Å². The zero-order valence-corrected chi connectivity index (χ0v) is 18.2. The van der Waals surface area contributed by atoms with E-state index in [-0.39, 0.29) is 11.8 Å². The molecule has 2 heterocycles. The van der Waals surface area contributed by atoms with Crippen LogP contribution >= 0.6 is 11.8 Å². The van der Waals surface area contributed by atoms with E-state index in [0.29, 0.717) is 22.0 Å². The average molecular weight is 423 g/mol. The van der Waals surface area contributed by atoms with E-state index in [4.69, 9.17) is 4.74 Å². The molecule has 1 fully saturated rings. The first-order valence-corrected chi connectivity index (χ1v) is 11.2. The lowest BCUT2D eigenvalue weighted by Crippen LogP contribution is -2.35. The van der Waals surface area contributed by atoms with Gasteiger partial charge in [0.05, 0.1) is 12.8 Å². The fourth-order valence-electron chi connectivity index (χ4n) is 3.85. The molecule has 2 aromatic rings. The fraction of sp³-hybridized carbons (Fsp3) is 0.333. The van der Waals surface area contributed by atoms with Gasteiger partial charge in [0.25, 0.3) is 11.8 Å². The number of aryl methyl sites for hydroxylation is 1. The van der Waals surface area contributed by atoms with E-state index < -0.39 is 0 Å². The van der Waals surface area contributed by atoms with Gasteiger partial charge in [0.1, 0.15) is 16.4 Å². The van der Waals surface area contributed by atoms with Gasteiger partial charge in [-0.25, -0.2) is 4.90 Å². The van der Waals surface area contributed by atoms with Crippen molar-refractivity contribution < 1.29 is 14.3 Å². The van der Waals surface area contributed by atoms with E-state index >= 15 is 0 Å². The molecule has 0 saturated carbocycles. The second-order valence-electron chi connectivity index (χ2n) is 7.64. The van der Waals surface area contributed by atoms with Crippen LogP contribution in [0.2, 0.25) is 0 Å². The minimum atomic E-state index is -0.255. The second kappa shape index (κ2) is 8.96. The third-order valence-electron chi connectivity index (χ3n) is 5.51. The molecule has 0 radical (unpaired) electrons. The molecule has 0 aliphatic carbocycles. The minimum absolute atomic E-state index is 0.235. The van der Waals surface area contributed by atoms with E-state index in [0.717, 1.165) is 49.2 Å². The molecule has 2 amide bonds. The normalized spacial score (nSPS) is 17.5. The van der Waals surface area contributed by atoms with Crippen molar-refractivity contribution in [3.8, 4) is 5.75 Å². The SMILES string of the molecule is COc1ccc(N2C(=O)C(Sc3ccc(C)cc3)=C(N3CCCCCC3)C2=O)cc1. The molecule has 0 unspecified atom stereocenters. The zero-order chi connectivity index (χ0) is 21.1. The Morgan fingerprint density at radius 2 is 1.47 bits per heavy atom. The second-order valence-corrected chi connectivity index (χ2v) is 8.72. The molecule has 0 N–H and O–H groups in total. The molecule has 4 rings (SSSR count). The van der Waals surface area contributed by atoms with Crippen LogP contribution in [-0.4, -0.2) is 36.9 Å². The Bertz CT molecular complexity index is 959. The summed E-state index contributed by atoms with van der Waals surface area (Å²) in [6, 6.07) is 15.1. The summed E-state index contributed by atoms with van der Waals surface area (Å²) in [5.74, 6) is 0.199. The van der Waals surface area contributed by atoms with Gasteiger partial charge >= 0.3 is 0 Å². The van der Waals surface area contributed by atoms with Crippen molar-refractivity contribution >= 4 is 29.3 Å². The minimum Gasteiger partial charge on any atom is -0.497 e. The van der Waals surface area contributed by atoms with E-state index in [9.17, 15) is 9.59 Å². The van der Waals surface area contributed by atoms with Gasteiger partial charge in [0.15, 0.2) is 0 Å². The summed E-state index contributed by atoms with van der Waals surface area (Å²) in [5.41, 5.74) is 2.27. The Morgan fingerprint density at radius 1 is 0.833 bits per heavy atom. The molecule has 0 bridgehead atoms. The maximum absolute atomic E-state index is 13.5.